The summed E-state index contributed by atoms with van der Waals surface area (Å²) in [7, 11) is 0. The Morgan fingerprint density at radius 3 is 2.71 bits per heavy atom. The average molecular weight is 323 g/mol. The van der Waals surface area contributed by atoms with Gasteiger partial charge in [0.2, 0.25) is 11.9 Å². The molecule has 1 saturated heterocycles. The molecular formula is C18H21N5O. The number of nitrogens with zero attached hydrogens (tertiary/aromatic N) is 5. The number of carbonyl (C=O) groups is 1. The third-order valence-corrected chi connectivity index (χ3v) is 4.75. The van der Waals surface area contributed by atoms with Gasteiger partial charge in [0.15, 0.2) is 0 Å². The zero-order chi connectivity index (χ0) is 16.5. The largest absolute Gasteiger partial charge is 0.340 e. The molecule has 0 N–H and O–H groups in total. The van der Waals surface area contributed by atoms with Crippen LogP contribution >= 0.6 is 0 Å². The average Bonchev–Trinajstić information content (AvgIpc) is 3.05. The predicted octanol–water partition coefficient (Wildman–Crippen LogP) is 1.84. The number of benzene rings is 1. The molecule has 0 spiro atoms. The van der Waals surface area contributed by atoms with Gasteiger partial charge in [0.05, 0.1) is 24.1 Å². The Balaban J connectivity index is 1.56. The zero-order valence-corrected chi connectivity index (χ0v) is 13.9. The van der Waals surface area contributed by atoms with Crippen molar-refractivity contribution in [2.24, 2.45) is 0 Å². The van der Waals surface area contributed by atoms with Gasteiger partial charge < -0.3 is 14.7 Å². The van der Waals surface area contributed by atoms with Crippen molar-refractivity contribution in [2.45, 2.75) is 13.3 Å². The van der Waals surface area contributed by atoms with Gasteiger partial charge in [-0.15, -0.1) is 0 Å². The topological polar surface area (TPSA) is 52.6 Å². The van der Waals surface area contributed by atoms with Crippen molar-refractivity contribution < 1.29 is 4.79 Å². The molecule has 0 atom stereocenters. The summed E-state index contributed by atoms with van der Waals surface area (Å²) in [6, 6.07) is 10.3. The van der Waals surface area contributed by atoms with Crippen LogP contribution in [-0.4, -0.2) is 53.5 Å². The molecule has 1 fully saturated rings. The SMILES string of the molecule is CCN1CCN(c2ncc3c(n2)CCN3c2ccccc2)CC1=O. The highest BCUT2D eigenvalue weighted by Crippen LogP contribution is 2.33. The summed E-state index contributed by atoms with van der Waals surface area (Å²) in [4.78, 5) is 27.5. The van der Waals surface area contributed by atoms with Gasteiger partial charge >= 0.3 is 0 Å². The van der Waals surface area contributed by atoms with Crippen LogP contribution in [0.1, 0.15) is 12.6 Å². The number of carbonyl (C=O) groups excluding carboxylic acids is 1. The number of fused-ring (bicyclic) bond motifs is 1. The van der Waals surface area contributed by atoms with Gasteiger partial charge in [-0.05, 0) is 19.1 Å². The van der Waals surface area contributed by atoms with E-state index in [0.717, 1.165) is 44.0 Å². The molecule has 3 heterocycles. The Hall–Kier alpha value is -2.63. The maximum absolute atomic E-state index is 12.1. The van der Waals surface area contributed by atoms with Crippen molar-refractivity contribution in [3.8, 4) is 0 Å². The summed E-state index contributed by atoms with van der Waals surface area (Å²) in [5.41, 5.74) is 3.30. The van der Waals surface area contributed by atoms with Crippen LogP contribution in [0, 0.1) is 0 Å². The quantitative estimate of drug-likeness (QED) is 0.863. The number of rotatable bonds is 3. The van der Waals surface area contributed by atoms with Crippen molar-refractivity contribution in [2.75, 3.05) is 42.5 Å². The molecule has 0 aliphatic carbocycles. The van der Waals surface area contributed by atoms with Gasteiger partial charge in [-0.25, -0.2) is 9.97 Å². The monoisotopic (exact) mass is 323 g/mol. The number of piperazine rings is 1. The highest BCUT2D eigenvalue weighted by Gasteiger charge is 2.27. The van der Waals surface area contributed by atoms with E-state index >= 15 is 0 Å². The van der Waals surface area contributed by atoms with E-state index < -0.39 is 0 Å². The Bertz CT molecular complexity index is 748. The van der Waals surface area contributed by atoms with Gasteiger partial charge in [0, 0.05) is 38.3 Å². The molecule has 2 aliphatic heterocycles. The lowest BCUT2D eigenvalue weighted by molar-refractivity contribution is -0.130. The van der Waals surface area contributed by atoms with E-state index in [1.54, 1.807) is 0 Å². The molecule has 24 heavy (non-hydrogen) atoms. The van der Waals surface area contributed by atoms with Crippen molar-refractivity contribution in [1.82, 2.24) is 14.9 Å². The van der Waals surface area contributed by atoms with E-state index in [-0.39, 0.29) is 5.91 Å². The summed E-state index contributed by atoms with van der Waals surface area (Å²) < 4.78 is 0. The Morgan fingerprint density at radius 2 is 1.96 bits per heavy atom. The number of likely N-dealkylation sites (N-methyl/N-ethyl adjacent to an activating group) is 1. The molecule has 2 aliphatic rings. The summed E-state index contributed by atoms with van der Waals surface area (Å²) in [5, 5.41) is 0. The van der Waals surface area contributed by atoms with E-state index in [1.807, 2.05) is 41.1 Å². The van der Waals surface area contributed by atoms with Gasteiger partial charge in [0.25, 0.3) is 0 Å². The fraction of sp³-hybridized carbons (Fsp3) is 0.389. The van der Waals surface area contributed by atoms with Crippen molar-refractivity contribution in [3.63, 3.8) is 0 Å². The normalized spacial score (nSPS) is 17.4. The third kappa shape index (κ3) is 2.58. The lowest BCUT2D eigenvalue weighted by Crippen LogP contribution is -2.50. The van der Waals surface area contributed by atoms with E-state index in [0.29, 0.717) is 12.5 Å². The van der Waals surface area contributed by atoms with E-state index in [2.05, 4.69) is 22.0 Å². The van der Waals surface area contributed by atoms with Crippen LogP contribution in [0.25, 0.3) is 0 Å². The van der Waals surface area contributed by atoms with Crippen LogP contribution in [-0.2, 0) is 11.2 Å². The van der Waals surface area contributed by atoms with Crippen molar-refractivity contribution in [1.29, 1.82) is 0 Å². The lowest BCUT2D eigenvalue weighted by atomic mass is 10.3. The molecule has 1 aromatic heterocycles. The van der Waals surface area contributed by atoms with E-state index in [1.165, 1.54) is 5.69 Å². The molecule has 6 heteroatoms. The summed E-state index contributed by atoms with van der Waals surface area (Å²) in [6.45, 7) is 5.60. The fourth-order valence-corrected chi connectivity index (χ4v) is 3.39. The minimum absolute atomic E-state index is 0.152. The minimum Gasteiger partial charge on any atom is -0.340 e. The van der Waals surface area contributed by atoms with Crippen LogP contribution in [0.15, 0.2) is 36.5 Å². The summed E-state index contributed by atoms with van der Waals surface area (Å²) in [5.74, 6) is 0.825. The first-order chi connectivity index (χ1) is 11.8. The second kappa shape index (κ2) is 6.11. The number of para-hydroxylation sites is 1. The molecule has 1 amide bonds. The zero-order valence-electron chi connectivity index (χ0n) is 13.9. The van der Waals surface area contributed by atoms with Crippen LogP contribution in [0.4, 0.5) is 17.3 Å². The Morgan fingerprint density at radius 1 is 1.12 bits per heavy atom. The van der Waals surface area contributed by atoms with Crippen LogP contribution in [0.3, 0.4) is 0 Å². The molecule has 4 rings (SSSR count). The van der Waals surface area contributed by atoms with Gasteiger partial charge in [-0.2, -0.15) is 0 Å². The second-order valence-corrected chi connectivity index (χ2v) is 6.13. The Kier molecular flexibility index (Phi) is 3.80. The molecule has 2 aromatic rings. The first kappa shape index (κ1) is 14.9. The van der Waals surface area contributed by atoms with Crippen LogP contribution in [0.5, 0.6) is 0 Å². The Labute approximate surface area is 141 Å². The fourth-order valence-electron chi connectivity index (χ4n) is 3.39. The number of hydrogen-bond acceptors (Lipinski definition) is 5. The minimum atomic E-state index is 0.152. The molecular weight excluding hydrogens is 302 g/mol. The molecule has 6 nitrogen and oxygen atoms in total. The summed E-state index contributed by atoms with van der Waals surface area (Å²) >= 11 is 0. The number of aromatic nitrogens is 2. The summed E-state index contributed by atoms with van der Waals surface area (Å²) in [6.07, 6.45) is 2.80. The van der Waals surface area contributed by atoms with Crippen molar-refractivity contribution in [3.05, 3.63) is 42.2 Å². The van der Waals surface area contributed by atoms with Gasteiger partial charge in [-0.1, -0.05) is 18.2 Å². The molecule has 0 radical (unpaired) electrons. The van der Waals surface area contributed by atoms with E-state index in [4.69, 9.17) is 4.98 Å². The lowest BCUT2D eigenvalue weighted by Gasteiger charge is -2.33. The first-order valence-corrected chi connectivity index (χ1v) is 8.47. The highest BCUT2D eigenvalue weighted by atomic mass is 16.2. The standard InChI is InChI=1S/C18H21N5O/c1-2-21-10-11-22(13-17(21)24)18-19-12-16-15(20-18)8-9-23(16)14-6-4-3-5-7-14/h3-7,12H,2,8-11,13H2,1H3. The second-order valence-electron chi connectivity index (χ2n) is 6.13. The maximum Gasteiger partial charge on any atom is 0.242 e. The van der Waals surface area contributed by atoms with Gasteiger partial charge in [-0.3, -0.25) is 4.79 Å². The van der Waals surface area contributed by atoms with Crippen molar-refractivity contribution >= 4 is 23.2 Å². The van der Waals surface area contributed by atoms with Crippen LogP contribution in [0.2, 0.25) is 0 Å². The van der Waals surface area contributed by atoms with E-state index in [9.17, 15) is 4.79 Å². The smallest absolute Gasteiger partial charge is 0.242 e. The number of hydrogen-bond donors (Lipinski definition) is 0. The first-order valence-electron chi connectivity index (χ1n) is 8.47. The molecule has 124 valence electrons. The molecule has 0 unspecified atom stereocenters. The third-order valence-electron chi connectivity index (χ3n) is 4.75. The molecule has 0 bridgehead atoms. The van der Waals surface area contributed by atoms with Crippen LogP contribution < -0.4 is 9.80 Å². The number of amides is 1. The maximum atomic E-state index is 12.1. The predicted molar refractivity (Wildman–Crippen MR) is 93.7 cm³/mol. The molecule has 1 aromatic carbocycles. The van der Waals surface area contributed by atoms with Gasteiger partial charge in [0.1, 0.15) is 0 Å². The molecule has 0 saturated carbocycles. The highest BCUT2D eigenvalue weighted by molar-refractivity contribution is 5.82. The number of anilines is 3.